The lowest BCUT2D eigenvalue weighted by molar-refractivity contribution is -0.146. The highest BCUT2D eigenvalue weighted by Gasteiger charge is 2.03. The van der Waals surface area contributed by atoms with Crippen LogP contribution in [0.15, 0.2) is 0 Å². The lowest BCUT2D eigenvalue weighted by atomic mass is 10.1. The minimum atomic E-state index is -0.199. The summed E-state index contributed by atoms with van der Waals surface area (Å²) in [6.45, 7) is 5.28. The van der Waals surface area contributed by atoms with Crippen LogP contribution in [0.4, 0.5) is 0 Å². The fourth-order valence-electron chi connectivity index (χ4n) is 1.75. The molecule has 0 N–H and O–H groups in total. The van der Waals surface area contributed by atoms with Crippen LogP contribution in [0.25, 0.3) is 0 Å². The number of ether oxygens (including phenoxy) is 3. The van der Waals surface area contributed by atoms with Gasteiger partial charge in [0, 0.05) is 12.8 Å². The van der Waals surface area contributed by atoms with E-state index < -0.39 is 0 Å². The van der Waals surface area contributed by atoms with Crippen molar-refractivity contribution in [3.8, 4) is 0 Å². The monoisotopic (exact) mass is 302 g/mol. The molecule has 124 valence electrons. The van der Waals surface area contributed by atoms with Gasteiger partial charge in [-0.2, -0.15) is 0 Å². The van der Waals surface area contributed by atoms with E-state index in [1.165, 1.54) is 19.3 Å². The smallest absolute Gasteiger partial charge is 0.305 e. The van der Waals surface area contributed by atoms with Gasteiger partial charge in [-0.25, -0.2) is 0 Å². The molecule has 0 saturated carbocycles. The molecule has 0 aliphatic carbocycles. The Labute approximate surface area is 128 Å². The Balaban J connectivity index is 3.23. The molecule has 0 atom stereocenters. The molecule has 21 heavy (non-hydrogen) atoms. The first-order valence-electron chi connectivity index (χ1n) is 8.09. The number of rotatable bonds is 14. The summed E-state index contributed by atoms with van der Waals surface area (Å²) in [6.07, 6.45) is 7.31. The topological polar surface area (TPSA) is 61.8 Å². The second kappa shape index (κ2) is 15.3. The predicted octanol–water partition coefficient (Wildman–Crippen LogP) is 3.25. The van der Waals surface area contributed by atoms with Crippen LogP contribution in [0.3, 0.4) is 0 Å². The molecule has 0 aliphatic rings. The molecule has 0 amide bonds. The number of hydrogen-bond donors (Lipinski definition) is 0. The zero-order chi connectivity index (χ0) is 15.8. The van der Waals surface area contributed by atoms with Gasteiger partial charge >= 0.3 is 11.9 Å². The Morgan fingerprint density at radius 3 is 1.81 bits per heavy atom. The summed E-state index contributed by atoms with van der Waals surface area (Å²) in [5, 5.41) is 0. The van der Waals surface area contributed by atoms with Crippen LogP contribution in [0.1, 0.15) is 65.2 Å². The molecule has 0 fully saturated rings. The van der Waals surface area contributed by atoms with Crippen molar-refractivity contribution in [2.75, 3.05) is 26.4 Å². The van der Waals surface area contributed by atoms with E-state index in [0.29, 0.717) is 26.1 Å². The first-order valence-corrected chi connectivity index (χ1v) is 8.09. The molecule has 0 aliphatic heterocycles. The van der Waals surface area contributed by atoms with Crippen molar-refractivity contribution in [2.45, 2.75) is 65.2 Å². The number of unbranched alkanes of at least 4 members (excludes halogenated alkanes) is 4. The lowest BCUT2D eigenvalue weighted by Crippen LogP contribution is -2.14. The Morgan fingerprint density at radius 2 is 1.24 bits per heavy atom. The molecule has 0 radical (unpaired) electrons. The van der Waals surface area contributed by atoms with Gasteiger partial charge < -0.3 is 14.2 Å². The molecular formula is C16H30O5. The van der Waals surface area contributed by atoms with Crippen molar-refractivity contribution in [1.82, 2.24) is 0 Å². The molecule has 0 aromatic carbocycles. The van der Waals surface area contributed by atoms with Crippen LogP contribution in [-0.4, -0.2) is 38.4 Å². The summed E-state index contributed by atoms with van der Waals surface area (Å²) in [5.74, 6) is -0.361. The maximum absolute atomic E-state index is 11.4. The summed E-state index contributed by atoms with van der Waals surface area (Å²) >= 11 is 0. The second-order valence-electron chi connectivity index (χ2n) is 4.97. The Kier molecular flexibility index (Phi) is 14.5. The number of hydrogen-bond acceptors (Lipinski definition) is 5. The highest BCUT2D eigenvalue weighted by atomic mass is 16.6. The molecule has 0 bridgehead atoms. The average Bonchev–Trinajstić information content (AvgIpc) is 2.46. The summed E-state index contributed by atoms with van der Waals surface area (Å²) in [5.41, 5.74) is 0. The lowest BCUT2D eigenvalue weighted by Gasteiger charge is -2.07. The van der Waals surface area contributed by atoms with Gasteiger partial charge in [0.15, 0.2) is 0 Å². The fraction of sp³-hybridized carbons (Fsp3) is 0.875. The molecule has 0 heterocycles. The van der Waals surface area contributed by atoms with Crippen LogP contribution in [0, 0.1) is 0 Å². The normalized spacial score (nSPS) is 10.4. The van der Waals surface area contributed by atoms with Gasteiger partial charge in [0.05, 0.1) is 13.2 Å². The van der Waals surface area contributed by atoms with Crippen LogP contribution < -0.4 is 0 Å². The number of carbonyl (C=O) groups excluding carboxylic acids is 2. The minimum Gasteiger partial charge on any atom is -0.463 e. The molecule has 0 saturated heterocycles. The van der Waals surface area contributed by atoms with Gasteiger partial charge in [-0.3, -0.25) is 9.59 Å². The van der Waals surface area contributed by atoms with Crippen molar-refractivity contribution in [2.24, 2.45) is 0 Å². The molecule has 0 unspecified atom stereocenters. The minimum absolute atomic E-state index is 0.163. The van der Waals surface area contributed by atoms with Crippen molar-refractivity contribution in [1.29, 1.82) is 0 Å². The zero-order valence-corrected chi connectivity index (χ0v) is 13.5. The van der Waals surface area contributed by atoms with Crippen molar-refractivity contribution in [3.05, 3.63) is 0 Å². The SMILES string of the molecule is CCCCCCCC(=O)OCCOCCOC(=O)CCC. The van der Waals surface area contributed by atoms with E-state index in [1.807, 2.05) is 6.92 Å². The predicted molar refractivity (Wildman–Crippen MR) is 81.0 cm³/mol. The Hall–Kier alpha value is -1.10. The quantitative estimate of drug-likeness (QED) is 0.364. The third kappa shape index (κ3) is 15.1. The van der Waals surface area contributed by atoms with Crippen LogP contribution in [0.5, 0.6) is 0 Å². The molecular weight excluding hydrogens is 272 g/mol. The molecule has 5 heteroatoms. The maximum Gasteiger partial charge on any atom is 0.305 e. The Bertz CT molecular complexity index is 265. The number of esters is 2. The standard InChI is InChI=1S/C16H30O5/c1-3-5-6-7-8-10-16(18)21-14-12-19-11-13-20-15(17)9-4-2/h3-14H2,1-2H3. The first kappa shape index (κ1) is 19.9. The molecule has 0 aromatic heterocycles. The third-order valence-corrected chi connectivity index (χ3v) is 2.92. The largest absolute Gasteiger partial charge is 0.463 e. The van der Waals surface area contributed by atoms with Crippen molar-refractivity contribution in [3.63, 3.8) is 0 Å². The van der Waals surface area contributed by atoms with Gasteiger partial charge in [0.2, 0.25) is 0 Å². The van der Waals surface area contributed by atoms with E-state index >= 15 is 0 Å². The highest BCUT2D eigenvalue weighted by Crippen LogP contribution is 2.05. The van der Waals surface area contributed by atoms with E-state index in [-0.39, 0.29) is 25.2 Å². The van der Waals surface area contributed by atoms with Gasteiger partial charge in [-0.1, -0.05) is 39.5 Å². The summed E-state index contributed by atoms with van der Waals surface area (Å²) in [6, 6.07) is 0. The number of carbonyl (C=O) groups is 2. The molecule has 0 rings (SSSR count). The van der Waals surface area contributed by atoms with Crippen molar-refractivity contribution < 1.29 is 23.8 Å². The summed E-state index contributed by atoms with van der Waals surface area (Å²) < 4.78 is 15.2. The van der Waals surface area contributed by atoms with E-state index in [2.05, 4.69) is 6.92 Å². The van der Waals surface area contributed by atoms with E-state index in [1.54, 1.807) is 0 Å². The van der Waals surface area contributed by atoms with E-state index in [4.69, 9.17) is 14.2 Å². The molecule has 5 nitrogen and oxygen atoms in total. The van der Waals surface area contributed by atoms with Gasteiger partial charge in [0.25, 0.3) is 0 Å². The maximum atomic E-state index is 11.4. The second-order valence-corrected chi connectivity index (χ2v) is 4.97. The van der Waals surface area contributed by atoms with Crippen molar-refractivity contribution >= 4 is 11.9 Å². The van der Waals surface area contributed by atoms with Gasteiger partial charge in [-0.15, -0.1) is 0 Å². The summed E-state index contributed by atoms with van der Waals surface area (Å²) in [7, 11) is 0. The molecule has 0 spiro atoms. The summed E-state index contributed by atoms with van der Waals surface area (Å²) in [4.78, 5) is 22.4. The fourth-order valence-corrected chi connectivity index (χ4v) is 1.75. The average molecular weight is 302 g/mol. The first-order chi connectivity index (χ1) is 10.2. The van der Waals surface area contributed by atoms with Crippen LogP contribution >= 0.6 is 0 Å². The van der Waals surface area contributed by atoms with Crippen LogP contribution in [-0.2, 0) is 23.8 Å². The zero-order valence-electron chi connectivity index (χ0n) is 13.5. The highest BCUT2D eigenvalue weighted by molar-refractivity contribution is 5.69. The van der Waals surface area contributed by atoms with Gasteiger partial charge in [-0.05, 0) is 12.8 Å². The van der Waals surface area contributed by atoms with E-state index in [0.717, 1.165) is 19.3 Å². The third-order valence-electron chi connectivity index (χ3n) is 2.92. The van der Waals surface area contributed by atoms with Gasteiger partial charge in [0.1, 0.15) is 13.2 Å². The van der Waals surface area contributed by atoms with Crippen LogP contribution in [0.2, 0.25) is 0 Å². The molecule has 0 aromatic rings. The van der Waals surface area contributed by atoms with E-state index in [9.17, 15) is 9.59 Å². The Morgan fingerprint density at radius 1 is 0.667 bits per heavy atom.